The maximum Gasteiger partial charge on any atom is 0.306 e. The molecule has 6 heteroatoms. The van der Waals surface area contributed by atoms with Crippen molar-refractivity contribution in [1.29, 1.82) is 0 Å². The summed E-state index contributed by atoms with van der Waals surface area (Å²) >= 11 is 0. The van der Waals surface area contributed by atoms with Crippen molar-refractivity contribution in [2.45, 2.75) is 290 Å². The van der Waals surface area contributed by atoms with E-state index < -0.39 is 6.10 Å². The fraction of sp³-hybridized carbons (Fsp3) is 0.618. The summed E-state index contributed by atoms with van der Waals surface area (Å²) in [5.74, 6) is -0.920. The van der Waals surface area contributed by atoms with Crippen molar-refractivity contribution in [2.75, 3.05) is 13.2 Å². The van der Waals surface area contributed by atoms with E-state index in [0.717, 1.165) is 161 Å². The monoisotopic (exact) mass is 1130 g/mol. The first-order chi connectivity index (χ1) is 40.5. The molecule has 0 heterocycles. The van der Waals surface area contributed by atoms with Gasteiger partial charge in [0.15, 0.2) is 6.10 Å². The number of hydrogen-bond acceptors (Lipinski definition) is 6. The van der Waals surface area contributed by atoms with Crippen LogP contribution in [0.2, 0.25) is 0 Å². The van der Waals surface area contributed by atoms with Gasteiger partial charge in [-0.05, 0) is 128 Å². The molecule has 0 spiro atoms. The van der Waals surface area contributed by atoms with Crippen LogP contribution in [-0.4, -0.2) is 37.2 Å². The maximum atomic E-state index is 12.9. The lowest BCUT2D eigenvalue weighted by Crippen LogP contribution is -2.30. The Morgan fingerprint density at radius 3 is 0.744 bits per heavy atom. The van der Waals surface area contributed by atoms with Crippen molar-refractivity contribution in [1.82, 2.24) is 0 Å². The molecule has 462 valence electrons. The van der Waals surface area contributed by atoms with Gasteiger partial charge in [-0.1, -0.05) is 294 Å². The number of carbonyl (C=O) groups excluding carboxylic acids is 3. The minimum absolute atomic E-state index is 0.0913. The van der Waals surface area contributed by atoms with Crippen molar-refractivity contribution in [3.8, 4) is 0 Å². The minimum atomic E-state index is -0.796. The Kier molecular flexibility index (Phi) is 64.4. The lowest BCUT2D eigenvalue weighted by atomic mass is 10.1. The van der Waals surface area contributed by atoms with Gasteiger partial charge in [0.25, 0.3) is 0 Å². The second-order valence-electron chi connectivity index (χ2n) is 21.6. The number of esters is 3. The fourth-order valence-corrected chi connectivity index (χ4v) is 8.84. The van der Waals surface area contributed by atoms with Gasteiger partial charge >= 0.3 is 17.9 Å². The Morgan fingerprint density at radius 1 is 0.256 bits per heavy atom. The van der Waals surface area contributed by atoms with Crippen LogP contribution < -0.4 is 0 Å². The standard InChI is InChI=1S/C76H122O6/c1-4-7-10-13-16-19-21-23-25-27-29-31-33-35-37-38-40-41-43-45-47-49-51-53-55-57-60-63-66-69-75(78)81-72-73(71-80-74(77)68-65-62-59-18-15-12-9-6-3)82-76(79)70-67-64-61-58-56-54-52-50-48-46-44-42-39-36-34-32-30-28-26-24-22-20-17-14-11-8-5-2/h7-8,10-11,16-17,19-20,23-26,29-32,35-37,39-41,44,46,50,52,73H,4-6,9,12-15,18,21-22,27-28,33-34,38,42-43,45,47-49,51,53-72H2,1-3H3/b10-7-,11-8-,19-16-,20-17-,25-23-,26-24-,31-29-,32-30-,37-35-,39-36-,41-40-,46-44-,52-50-. The average Bonchev–Trinajstić information content (AvgIpc) is 3.48. The molecule has 0 radical (unpaired) electrons. The number of allylic oxidation sites excluding steroid dienone is 26. The quantitative estimate of drug-likeness (QED) is 0.0261. The van der Waals surface area contributed by atoms with Crippen molar-refractivity contribution in [3.05, 3.63) is 158 Å². The van der Waals surface area contributed by atoms with Crippen LogP contribution in [0.25, 0.3) is 0 Å². The van der Waals surface area contributed by atoms with Crippen molar-refractivity contribution < 1.29 is 28.6 Å². The summed E-state index contributed by atoms with van der Waals surface area (Å²) in [5, 5.41) is 0. The number of carbonyl (C=O) groups is 3. The molecule has 6 nitrogen and oxygen atoms in total. The molecule has 0 amide bonds. The third-order valence-corrected chi connectivity index (χ3v) is 13.8. The van der Waals surface area contributed by atoms with E-state index in [0.29, 0.717) is 19.3 Å². The Morgan fingerprint density at radius 2 is 0.476 bits per heavy atom. The van der Waals surface area contributed by atoms with Crippen molar-refractivity contribution in [3.63, 3.8) is 0 Å². The molecule has 0 saturated heterocycles. The zero-order valence-electron chi connectivity index (χ0n) is 52.9. The van der Waals surface area contributed by atoms with E-state index in [1.165, 1.54) is 83.5 Å². The molecule has 82 heavy (non-hydrogen) atoms. The molecular formula is C76H122O6. The van der Waals surface area contributed by atoms with Crippen LogP contribution in [0.4, 0.5) is 0 Å². The predicted molar refractivity (Wildman–Crippen MR) is 357 cm³/mol. The number of unbranched alkanes of at least 4 members (excludes halogenated alkanes) is 22. The van der Waals surface area contributed by atoms with Gasteiger partial charge in [0.1, 0.15) is 13.2 Å². The highest BCUT2D eigenvalue weighted by atomic mass is 16.6. The zero-order chi connectivity index (χ0) is 59.2. The molecule has 0 saturated carbocycles. The van der Waals surface area contributed by atoms with Gasteiger partial charge in [0.2, 0.25) is 0 Å². The Hall–Kier alpha value is -4.97. The van der Waals surface area contributed by atoms with Crippen LogP contribution in [-0.2, 0) is 28.6 Å². The van der Waals surface area contributed by atoms with Crippen LogP contribution in [0.1, 0.15) is 284 Å². The fourth-order valence-electron chi connectivity index (χ4n) is 8.84. The summed E-state index contributed by atoms with van der Waals surface area (Å²) < 4.78 is 16.9. The predicted octanol–water partition coefficient (Wildman–Crippen LogP) is 23.3. The average molecular weight is 1130 g/mol. The van der Waals surface area contributed by atoms with Gasteiger partial charge in [0, 0.05) is 19.3 Å². The van der Waals surface area contributed by atoms with E-state index in [4.69, 9.17) is 14.2 Å². The summed E-state index contributed by atoms with van der Waals surface area (Å²) in [7, 11) is 0. The summed E-state index contributed by atoms with van der Waals surface area (Å²) in [5.41, 5.74) is 0. The van der Waals surface area contributed by atoms with Gasteiger partial charge in [-0.3, -0.25) is 14.4 Å². The minimum Gasteiger partial charge on any atom is -0.462 e. The van der Waals surface area contributed by atoms with Crippen molar-refractivity contribution >= 4 is 17.9 Å². The molecule has 0 rings (SSSR count). The van der Waals surface area contributed by atoms with E-state index >= 15 is 0 Å². The first-order valence-electron chi connectivity index (χ1n) is 33.5. The summed E-state index contributed by atoms with van der Waals surface area (Å²) in [4.78, 5) is 38.2. The lowest BCUT2D eigenvalue weighted by Gasteiger charge is -2.18. The van der Waals surface area contributed by atoms with E-state index in [1.807, 2.05) is 0 Å². The molecular weight excluding hydrogens is 1010 g/mol. The normalized spacial score (nSPS) is 13.2. The molecule has 0 bridgehead atoms. The first-order valence-corrected chi connectivity index (χ1v) is 33.5. The van der Waals surface area contributed by atoms with Gasteiger partial charge in [0.05, 0.1) is 0 Å². The van der Waals surface area contributed by atoms with Gasteiger partial charge < -0.3 is 14.2 Å². The second kappa shape index (κ2) is 68.5. The highest BCUT2D eigenvalue weighted by molar-refractivity contribution is 5.71. The lowest BCUT2D eigenvalue weighted by molar-refractivity contribution is -0.167. The largest absolute Gasteiger partial charge is 0.462 e. The van der Waals surface area contributed by atoms with E-state index in [1.54, 1.807) is 0 Å². The smallest absolute Gasteiger partial charge is 0.306 e. The molecule has 0 fully saturated rings. The summed E-state index contributed by atoms with van der Waals surface area (Å²) in [6.45, 7) is 6.36. The maximum absolute atomic E-state index is 12.9. The molecule has 0 aromatic carbocycles. The molecule has 0 N–H and O–H groups in total. The first kappa shape index (κ1) is 77.0. The molecule has 0 aliphatic heterocycles. The Labute approximate surface area is 505 Å². The summed E-state index contributed by atoms with van der Waals surface area (Å²) in [6, 6.07) is 0. The Bertz CT molecular complexity index is 1830. The van der Waals surface area contributed by atoms with Crippen LogP contribution in [0.3, 0.4) is 0 Å². The van der Waals surface area contributed by atoms with E-state index in [2.05, 4.69) is 179 Å². The number of hydrogen-bond donors (Lipinski definition) is 0. The molecule has 0 aromatic heterocycles. The topological polar surface area (TPSA) is 78.9 Å². The number of ether oxygens (including phenoxy) is 3. The Balaban J connectivity index is 4.25. The highest BCUT2D eigenvalue weighted by Crippen LogP contribution is 2.15. The van der Waals surface area contributed by atoms with Crippen LogP contribution in [0, 0.1) is 0 Å². The van der Waals surface area contributed by atoms with E-state index in [9.17, 15) is 14.4 Å². The molecule has 0 aromatic rings. The van der Waals surface area contributed by atoms with Crippen LogP contribution in [0.15, 0.2) is 158 Å². The van der Waals surface area contributed by atoms with Gasteiger partial charge in [-0.25, -0.2) is 0 Å². The second-order valence-corrected chi connectivity index (χ2v) is 21.6. The number of rotatable bonds is 59. The highest BCUT2D eigenvalue weighted by Gasteiger charge is 2.19. The molecule has 0 aliphatic rings. The molecule has 0 aliphatic carbocycles. The third-order valence-electron chi connectivity index (χ3n) is 13.8. The van der Waals surface area contributed by atoms with Crippen LogP contribution in [0.5, 0.6) is 0 Å². The summed E-state index contributed by atoms with van der Waals surface area (Å²) in [6.07, 6.45) is 99.8. The molecule has 1 unspecified atom stereocenters. The SMILES string of the molecule is CC/C=C\C/C=C\C/C=C\C/C=C\C/C=C\C/C=C\C/C=C\CCCCCCCC(=O)OC(COC(=O)CCCCCCCCCC)COC(=O)CCCCCCCCCCCC/C=C\C/C=C\C/C=C\C/C=C\C/C=C\C/C=C\CC. The third kappa shape index (κ3) is 65.8. The zero-order valence-corrected chi connectivity index (χ0v) is 52.9. The van der Waals surface area contributed by atoms with Gasteiger partial charge in [-0.15, -0.1) is 0 Å². The van der Waals surface area contributed by atoms with Crippen molar-refractivity contribution in [2.24, 2.45) is 0 Å². The van der Waals surface area contributed by atoms with Crippen LogP contribution >= 0.6 is 0 Å². The van der Waals surface area contributed by atoms with Gasteiger partial charge in [-0.2, -0.15) is 0 Å². The van der Waals surface area contributed by atoms with E-state index in [-0.39, 0.29) is 31.1 Å². The molecule has 1 atom stereocenters.